The summed E-state index contributed by atoms with van der Waals surface area (Å²) in [4.78, 5) is 25.5. The topological polar surface area (TPSA) is 49.4 Å². The molecule has 0 aliphatic carbocycles. The van der Waals surface area contributed by atoms with Gasteiger partial charge in [-0.05, 0) is 49.6 Å². The second-order valence-electron chi connectivity index (χ2n) is 8.23. The van der Waals surface area contributed by atoms with Crippen LogP contribution in [0.4, 0.5) is 24.5 Å². The minimum atomic E-state index is -4.98. The second kappa shape index (κ2) is 6.90. The van der Waals surface area contributed by atoms with E-state index in [2.05, 4.69) is 0 Å². The number of benzene rings is 2. The molecule has 1 aliphatic heterocycles. The monoisotopic (exact) mass is 404 g/mol. The molecule has 7 heteroatoms. The van der Waals surface area contributed by atoms with E-state index in [1.54, 1.807) is 11.0 Å². The molecule has 0 spiro atoms. The number of amides is 2. The van der Waals surface area contributed by atoms with Crippen molar-refractivity contribution in [2.75, 3.05) is 10.2 Å². The Kier molecular flexibility index (Phi) is 4.97. The predicted octanol–water partition coefficient (Wildman–Crippen LogP) is 5.03. The molecule has 0 saturated heterocycles. The molecule has 2 aromatic carbocycles. The lowest BCUT2D eigenvalue weighted by molar-refractivity contribution is -0.167. The van der Waals surface area contributed by atoms with E-state index < -0.39 is 23.0 Å². The zero-order valence-electron chi connectivity index (χ0n) is 16.7. The third kappa shape index (κ3) is 3.73. The smallest absolute Gasteiger partial charge is 0.318 e. The summed E-state index contributed by atoms with van der Waals surface area (Å²) in [6, 6.07) is 14.2. The maximum atomic E-state index is 12.7. The van der Waals surface area contributed by atoms with Crippen LogP contribution < -0.4 is 10.2 Å². The van der Waals surface area contributed by atoms with E-state index in [9.17, 15) is 22.8 Å². The molecule has 2 aromatic rings. The first kappa shape index (κ1) is 20.9. The van der Waals surface area contributed by atoms with Gasteiger partial charge in [0.2, 0.25) is 5.91 Å². The predicted molar refractivity (Wildman–Crippen MR) is 106 cm³/mol. The summed E-state index contributed by atoms with van der Waals surface area (Å²) in [6.45, 7) is 7.42. The van der Waals surface area contributed by atoms with Gasteiger partial charge in [0.05, 0.1) is 0 Å². The molecule has 0 bridgehead atoms. The van der Waals surface area contributed by atoms with Gasteiger partial charge in [0.1, 0.15) is 0 Å². The molecule has 1 N–H and O–H groups in total. The molecular formula is C22H23F3N2O2. The van der Waals surface area contributed by atoms with E-state index in [-0.39, 0.29) is 11.6 Å². The minimum Gasteiger partial charge on any atom is -0.318 e. The molecular weight excluding hydrogens is 381 g/mol. The van der Waals surface area contributed by atoms with Crippen molar-refractivity contribution in [3.05, 3.63) is 59.7 Å². The summed E-state index contributed by atoms with van der Waals surface area (Å²) in [5.41, 5.74) is 1.27. The molecule has 3 rings (SSSR count). The lowest BCUT2D eigenvalue weighted by Gasteiger charge is -2.51. The van der Waals surface area contributed by atoms with E-state index in [1.807, 2.05) is 56.4 Å². The third-order valence-corrected chi connectivity index (χ3v) is 5.46. The second-order valence-corrected chi connectivity index (χ2v) is 8.23. The summed E-state index contributed by atoms with van der Waals surface area (Å²) in [5.74, 6) is -2.18. The van der Waals surface area contributed by atoms with Crippen LogP contribution in [0.25, 0.3) is 0 Å². The van der Waals surface area contributed by atoms with Crippen LogP contribution in [-0.4, -0.2) is 23.5 Å². The number of alkyl halides is 3. The standard InChI is InChI=1S/C22H23F3N2O2/c1-14(28)27-18-11-10-16(26-19(29)22(23,24)25)12-17(18)21(4,13-20(27,2)3)15-8-6-5-7-9-15/h5-12H,13H2,1-4H3,(H,26,29)/t21-/m1/s1. The van der Waals surface area contributed by atoms with E-state index >= 15 is 0 Å². The number of nitrogens with one attached hydrogen (secondary N) is 1. The molecule has 4 nitrogen and oxygen atoms in total. The summed E-state index contributed by atoms with van der Waals surface area (Å²) < 4.78 is 38.1. The molecule has 0 fully saturated rings. The quantitative estimate of drug-likeness (QED) is 0.763. The van der Waals surface area contributed by atoms with E-state index in [4.69, 9.17) is 0 Å². The number of carbonyl (C=O) groups is 2. The van der Waals surface area contributed by atoms with Crippen molar-refractivity contribution in [3.63, 3.8) is 0 Å². The van der Waals surface area contributed by atoms with Crippen molar-refractivity contribution in [1.82, 2.24) is 0 Å². The molecule has 1 atom stereocenters. The summed E-state index contributed by atoms with van der Waals surface area (Å²) in [7, 11) is 0. The van der Waals surface area contributed by atoms with Crippen LogP contribution >= 0.6 is 0 Å². The Morgan fingerprint density at radius 1 is 1.03 bits per heavy atom. The molecule has 0 unspecified atom stereocenters. The van der Waals surface area contributed by atoms with Gasteiger partial charge in [-0.3, -0.25) is 9.59 Å². The van der Waals surface area contributed by atoms with Gasteiger partial charge in [-0.25, -0.2) is 0 Å². The molecule has 1 aliphatic rings. The van der Waals surface area contributed by atoms with Crippen LogP contribution in [-0.2, 0) is 15.0 Å². The molecule has 0 radical (unpaired) electrons. The zero-order chi connectivity index (χ0) is 21.6. The number of hydrogen-bond acceptors (Lipinski definition) is 2. The molecule has 154 valence electrons. The first-order valence-electron chi connectivity index (χ1n) is 9.25. The summed E-state index contributed by atoms with van der Waals surface area (Å²) in [5, 5.41) is 1.92. The van der Waals surface area contributed by atoms with Crippen molar-refractivity contribution in [1.29, 1.82) is 0 Å². The van der Waals surface area contributed by atoms with Gasteiger partial charge in [0.25, 0.3) is 0 Å². The number of rotatable bonds is 2. The summed E-state index contributed by atoms with van der Waals surface area (Å²) >= 11 is 0. The van der Waals surface area contributed by atoms with Gasteiger partial charge in [0.15, 0.2) is 0 Å². The van der Waals surface area contributed by atoms with E-state index in [1.165, 1.54) is 19.1 Å². The third-order valence-electron chi connectivity index (χ3n) is 5.46. The number of halogens is 3. The molecule has 0 saturated carbocycles. The van der Waals surface area contributed by atoms with Gasteiger partial charge in [-0.1, -0.05) is 37.3 Å². The fourth-order valence-electron chi connectivity index (χ4n) is 4.48. The highest BCUT2D eigenvalue weighted by Crippen LogP contribution is 2.51. The average Bonchev–Trinajstić information content (AvgIpc) is 2.61. The summed E-state index contributed by atoms with van der Waals surface area (Å²) in [6.07, 6.45) is -4.42. The zero-order valence-corrected chi connectivity index (χ0v) is 16.7. The van der Waals surface area contributed by atoms with Crippen molar-refractivity contribution in [2.45, 2.75) is 51.2 Å². The number of fused-ring (bicyclic) bond motifs is 1. The number of nitrogens with zero attached hydrogens (tertiary/aromatic N) is 1. The SMILES string of the molecule is CC(=O)N1c2ccc(NC(=O)C(F)(F)F)cc2[C@@](C)(c2ccccc2)CC1(C)C. The van der Waals surface area contributed by atoms with Gasteiger partial charge >= 0.3 is 12.1 Å². The van der Waals surface area contributed by atoms with Crippen molar-refractivity contribution < 1.29 is 22.8 Å². The van der Waals surface area contributed by atoms with Crippen LogP contribution in [0, 0.1) is 0 Å². The average molecular weight is 404 g/mol. The number of carbonyl (C=O) groups excluding carboxylic acids is 2. The van der Waals surface area contributed by atoms with E-state index in [0.29, 0.717) is 17.7 Å². The minimum absolute atomic E-state index is 0.0384. The van der Waals surface area contributed by atoms with Crippen molar-refractivity contribution in [2.24, 2.45) is 0 Å². The lowest BCUT2D eigenvalue weighted by Crippen LogP contribution is -2.55. The number of hydrogen-bond donors (Lipinski definition) is 1. The Bertz CT molecular complexity index is 954. The Morgan fingerprint density at radius 2 is 1.66 bits per heavy atom. The van der Waals surface area contributed by atoms with Crippen LogP contribution in [0.2, 0.25) is 0 Å². The van der Waals surface area contributed by atoms with Crippen molar-refractivity contribution in [3.8, 4) is 0 Å². The Morgan fingerprint density at radius 3 is 2.21 bits per heavy atom. The fourth-order valence-corrected chi connectivity index (χ4v) is 4.48. The molecule has 1 heterocycles. The van der Waals surface area contributed by atoms with Crippen molar-refractivity contribution >= 4 is 23.2 Å². The Balaban J connectivity index is 2.20. The fraction of sp³-hybridized carbons (Fsp3) is 0.364. The van der Waals surface area contributed by atoms with Crippen LogP contribution in [0.3, 0.4) is 0 Å². The Labute approximate surface area is 167 Å². The molecule has 29 heavy (non-hydrogen) atoms. The highest BCUT2D eigenvalue weighted by atomic mass is 19.4. The highest BCUT2D eigenvalue weighted by molar-refractivity contribution is 5.98. The van der Waals surface area contributed by atoms with Gasteiger partial charge in [-0.2, -0.15) is 13.2 Å². The molecule has 2 amide bonds. The van der Waals surface area contributed by atoms with E-state index in [0.717, 1.165) is 5.56 Å². The van der Waals surface area contributed by atoms with Gasteiger partial charge in [-0.15, -0.1) is 0 Å². The first-order chi connectivity index (χ1) is 13.4. The normalized spacial score (nSPS) is 20.7. The highest BCUT2D eigenvalue weighted by Gasteiger charge is 2.47. The Hall–Kier alpha value is -2.83. The maximum absolute atomic E-state index is 12.7. The number of anilines is 2. The van der Waals surface area contributed by atoms with Crippen LogP contribution in [0.1, 0.15) is 45.2 Å². The first-order valence-corrected chi connectivity index (χ1v) is 9.25. The van der Waals surface area contributed by atoms with Gasteiger partial charge in [0, 0.05) is 29.3 Å². The van der Waals surface area contributed by atoms with Crippen LogP contribution in [0.5, 0.6) is 0 Å². The maximum Gasteiger partial charge on any atom is 0.471 e. The largest absolute Gasteiger partial charge is 0.471 e. The van der Waals surface area contributed by atoms with Gasteiger partial charge < -0.3 is 10.2 Å². The van der Waals surface area contributed by atoms with Crippen LogP contribution in [0.15, 0.2) is 48.5 Å². The lowest BCUT2D eigenvalue weighted by atomic mass is 9.65. The molecule has 0 aromatic heterocycles.